The molecule has 4 bridgehead atoms. The summed E-state index contributed by atoms with van der Waals surface area (Å²) < 4.78 is 13.4. The van der Waals surface area contributed by atoms with Crippen LogP contribution in [0.15, 0.2) is 41.8 Å². The zero-order valence-corrected chi connectivity index (χ0v) is 20.4. The second-order valence-corrected chi connectivity index (χ2v) is 12.3. The standard InChI is InChI=1S/C28H33FN2O2S/c29-23-5-3-19(4-6-23)16-30(17-25-2-1-9-34-25)26(32)18-31(24-7-8-24)27(33)28-13-20-10-21(14-28)12-22(11-20)15-28/h1-6,9,20-22,24H,7-8,10-18H2. The number of nitrogens with zero attached hydrogens (tertiary/aromatic N) is 2. The van der Waals surface area contributed by atoms with Crippen LogP contribution in [0.1, 0.15) is 61.8 Å². The molecule has 5 saturated carbocycles. The maximum Gasteiger partial charge on any atom is 0.242 e. The number of amides is 2. The molecular weight excluding hydrogens is 447 g/mol. The monoisotopic (exact) mass is 480 g/mol. The molecule has 2 amide bonds. The van der Waals surface area contributed by atoms with E-state index in [2.05, 4.69) is 0 Å². The van der Waals surface area contributed by atoms with E-state index in [4.69, 9.17) is 0 Å². The van der Waals surface area contributed by atoms with E-state index in [9.17, 15) is 14.0 Å². The Morgan fingerprint density at radius 2 is 1.59 bits per heavy atom. The third-order valence-electron chi connectivity index (χ3n) is 8.61. The molecule has 0 unspecified atom stereocenters. The van der Waals surface area contributed by atoms with Crippen molar-refractivity contribution in [2.75, 3.05) is 6.54 Å². The van der Waals surface area contributed by atoms with Crippen molar-refractivity contribution in [3.63, 3.8) is 0 Å². The number of thiophene rings is 1. The van der Waals surface area contributed by atoms with Gasteiger partial charge in [-0.15, -0.1) is 11.3 Å². The highest BCUT2D eigenvalue weighted by atomic mass is 32.1. The summed E-state index contributed by atoms with van der Waals surface area (Å²) >= 11 is 1.63. The van der Waals surface area contributed by atoms with Crippen LogP contribution in [0.25, 0.3) is 0 Å². The molecule has 7 rings (SSSR count). The molecule has 1 aromatic heterocycles. The topological polar surface area (TPSA) is 40.6 Å². The molecule has 6 heteroatoms. The van der Waals surface area contributed by atoms with Gasteiger partial charge in [-0.2, -0.15) is 0 Å². The summed E-state index contributed by atoms with van der Waals surface area (Å²) in [6.45, 7) is 1.09. The lowest BCUT2D eigenvalue weighted by Gasteiger charge is -2.56. The van der Waals surface area contributed by atoms with E-state index < -0.39 is 0 Å². The van der Waals surface area contributed by atoms with Gasteiger partial charge in [0.05, 0.1) is 12.0 Å². The van der Waals surface area contributed by atoms with Crippen molar-refractivity contribution >= 4 is 23.2 Å². The van der Waals surface area contributed by atoms with Crippen molar-refractivity contribution in [1.82, 2.24) is 9.80 Å². The SMILES string of the molecule is O=C(CN(C(=O)C12CC3CC(CC(C3)C1)C2)C1CC1)N(Cc1ccc(F)cc1)Cc1cccs1. The number of benzene rings is 1. The number of hydrogen-bond donors (Lipinski definition) is 0. The van der Waals surface area contributed by atoms with Crippen molar-refractivity contribution in [2.24, 2.45) is 23.2 Å². The first-order valence-electron chi connectivity index (χ1n) is 12.8. The van der Waals surface area contributed by atoms with Crippen LogP contribution >= 0.6 is 11.3 Å². The first kappa shape index (κ1) is 22.3. The summed E-state index contributed by atoms with van der Waals surface area (Å²) in [5.74, 6) is 2.10. The average Bonchev–Trinajstić information content (AvgIpc) is 3.52. The molecular formula is C28H33FN2O2S. The first-order valence-corrected chi connectivity index (χ1v) is 13.7. The number of carbonyl (C=O) groups excluding carboxylic acids is 2. The van der Waals surface area contributed by atoms with E-state index in [0.29, 0.717) is 30.8 Å². The molecule has 0 aliphatic heterocycles. The van der Waals surface area contributed by atoms with Crippen molar-refractivity contribution in [3.8, 4) is 0 Å². The normalized spacial score (nSPS) is 29.3. The largest absolute Gasteiger partial charge is 0.332 e. The van der Waals surface area contributed by atoms with Crippen LogP contribution in [0, 0.1) is 29.0 Å². The number of carbonyl (C=O) groups is 2. The molecule has 0 saturated heterocycles. The van der Waals surface area contributed by atoms with E-state index in [1.807, 2.05) is 27.3 Å². The average molecular weight is 481 g/mol. The van der Waals surface area contributed by atoms with Crippen LogP contribution in [-0.2, 0) is 22.7 Å². The highest BCUT2D eigenvalue weighted by Gasteiger charge is 2.56. The maximum absolute atomic E-state index is 14.1. The van der Waals surface area contributed by atoms with Gasteiger partial charge in [-0.25, -0.2) is 4.39 Å². The summed E-state index contributed by atoms with van der Waals surface area (Å²) in [6.07, 6.45) is 9.03. The fraction of sp³-hybridized carbons (Fsp3) is 0.571. The van der Waals surface area contributed by atoms with Crippen molar-refractivity contribution in [3.05, 3.63) is 58.0 Å². The Morgan fingerprint density at radius 3 is 2.15 bits per heavy atom. The number of hydrogen-bond acceptors (Lipinski definition) is 3. The summed E-state index contributed by atoms with van der Waals surface area (Å²) in [4.78, 5) is 32.6. The van der Waals surface area contributed by atoms with Crippen LogP contribution in [0.3, 0.4) is 0 Å². The highest BCUT2D eigenvalue weighted by Crippen LogP contribution is 2.61. The van der Waals surface area contributed by atoms with Gasteiger partial charge >= 0.3 is 0 Å². The van der Waals surface area contributed by atoms with Crippen LogP contribution in [-0.4, -0.2) is 34.2 Å². The third-order valence-corrected chi connectivity index (χ3v) is 9.47. The molecule has 34 heavy (non-hydrogen) atoms. The Kier molecular flexibility index (Phi) is 5.75. The smallest absolute Gasteiger partial charge is 0.242 e. The Morgan fingerprint density at radius 1 is 0.941 bits per heavy atom. The van der Waals surface area contributed by atoms with Crippen LogP contribution in [0.4, 0.5) is 4.39 Å². The first-order chi connectivity index (χ1) is 16.5. The van der Waals surface area contributed by atoms with Gasteiger partial charge in [-0.05, 0) is 98.3 Å². The van der Waals surface area contributed by atoms with E-state index in [1.54, 1.807) is 23.5 Å². The minimum absolute atomic E-state index is 0.0114. The fourth-order valence-electron chi connectivity index (χ4n) is 7.31. The molecule has 5 fully saturated rings. The lowest BCUT2D eigenvalue weighted by molar-refractivity contribution is -0.161. The van der Waals surface area contributed by atoms with Crippen LogP contribution in [0.2, 0.25) is 0 Å². The van der Waals surface area contributed by atoms with Crippen LogP contribution in [0.5, 0.6) is 0 Å². The molecule has 0 radical (unpaired) electrons. The molecule has 180 valence electrons. The lowest BCUT2D eigenvalue weighted by Crippen LogP contribution is -2.56. The zero-order valence-electron chi connectivity index (χ0n) is 19.6. The molecule has 0 atom stereocenters. The van der Waals surface area contributed by atoms with E-state index in [0.717, 1.165) is 42.5 Å². The summed E-state index contributed by atoms with van der Waals surface area (Å²) in [5.41, 5.74) is 0.685. The molecule has 0 N–H and O–H groups in total. The minimum Gasteiger partial charge on any atom is -0.332 e. The van der Waals surface area contributed by atoms with Gasteiger partial charge in [0.2, 0.25) is 11.8 Å². The third kappa shape index (κ3) is 4.41. The molecule has 5 aliphatic carbocycles. The van der Waals surface area contributed by atoms with Gasteiger partial charge in [0, 0.05) is 17.5 Å². The maximum atomic E-state index is 14.1. The number of rotatable bonds is 8. The van der Waals surface area contributed by atoms with E-state index in [-0.39, 0.29) is 35.6 Å². The minimum atomic E-state index is -0.277. The Bertz CT molecular complexity index is 1010. The second-order valence-electron chi connectivity index (χ2n) is 11.3. The van der Waals surface area contributed by atoms with Gasteiger partial charge in [-0.3, -0.25) is 9.59 Å². The van der Waals surface area contributed by atoms with Gasteiger partial charge in [-0.1, -0.05) is 18.2 Å². The predicted octanol–water partition coefficient (Wildman–Crippen LogP) is 5.62. The lowest BCUT2D eigenvalue weighted by atomic mass is 9.49. The number of halogens is 1. The van der Waals surface area contributed by atoms with Gasteiger partial charge < -0.3 is 9.80 Å². The Hall–Kier alpha value is -2.21. The molecule has 0 spiro atoms. The quantitative estimate of drug-likeness (QED) is 0.492. The molecule has 2 aromatic rings. The molecule has 1 heterocycles. The highest BCUT2D eigenvalue weighted by molar-refractivity contribution is 7.09. The fourth-order valence-corrected chi connectivity index (χ4v) is 8.03. The van der Waals surface area contributed by atoms with Gasteiger partial charge in [0.1, 0.15) is 12.4 Å². The second kappa shape index (κ2) is 8.78. The molecule has 1 aromatic carbocycles. The van der Waals surface area contributed by atoms with Crippen LogP contribution < -0.4 is 0 Å². The van der Waals surface area contributed by atoms with Crippen molar-refractivity contribution in [1.29, 1.82) is 0 Å². The zero-order chi connectivity index (χ0) is 23.3. The summed E-state index contributed by atoms with van der Waals surface area (Å²) in [6, 6.07) is 10.6. The van der Waals surface area contributed by atoms with E-state index >= 15 is 0 Å². The van der Waals surface area contributed by atoms with E-state index in [1.165, 1.54) is 31.4 Å². The Labute approximate surface area is 205 Å². The van der Waals surface area contributed by atoms with Crippen molar-refractivity contribution in [2.45, 2.75) is 70.5 Å². The Balaban J connectivity index is 1.21. The summed E-state index contributed by atoms with van der Waals surface area (Å²) in [7, 11) is 0. The molecule has 5 aliphatic rings. The van der Waals surface area contributed by atoms with Gasteiger partial charge in [0.15, 0.2) is 0 Å². The molecule has 4 nitrogen and oxygen atoms in total. The van der Waals surface area contributed by atoms with Crippen molar-refractivity contribution < 1.29 is 14.0 Å². The summed E-state index contributed by atoms with van der Waals surface area (Å²) in [5, 5.41) is 2.02. The predicted molar refractivity (Wildman–Crippen MR) is 130 cm³/mol. The van der Waals surface area contributed by atoms with Gasteiger partial charge in [0.25, 0.3) is 0 Å².